The van der Waals surface area contributed by atoms with Gasteiger partial charge in [-0.15, -0.1) is 0 Å². The third kappa shape index (κ3) is 3.01. The van der Waals surface area contributed by atoms with Crippen LogP contribution in [0.3, 0.4) is 0 Å². The Morgan fingerprint density at radius 1 is 1.47 bits per heavy atom. The van der Waals surface area contributed by atoms with Crippen LogP contribution in [0.4, 0.5) is 10.1 Å². The van der Waals surface area contributed by atoms with E-state index in [1.54, 1.807) is 19.9 Å². The molecule has 0 aromatic heterocycles. The van der Waals surface area contributed by atoms with Crippen LogP contribution in [-0.4, -0.2) is 17.0 Å². The van der Waals surface area contributed by atoms with Gasteiger partial charge in [-0.25, -0.2) is 4.39 Å². The van der Waals surface area contributed by atoms with E-state index in [-0.39, 0.29) is 5.84 Å². The van der Waals surface area contributed by atoms with Crippen LogP contribution in [0.5, 0.6) is 0 Å². The summed E-state index contributed by atoms with van der Waals surface area (Å²) < 4.78 is 13.1. The van der Waals surface area contributed by atoms with Gasteiger partial charge >= 0.3 is 0 Å². The van der Waals surface area contributed by atoms with Crippen molar-refractivity contribution in [1.29, 1.82) is 0 Å². The van der Waals surface area contributed by atoms with E-state index in [1.165, 1.54) is 18.2 Å². The molecule has 4 N–H and O–H groups in total. The van der Waals surface area contributed by atoms with Gasteiger partial charge in [0.15, 0.2) is 5.84 Å². The minimum Gasteiger partial charge on any atom is -0.409 e. The quantitative estimate of drug-likeness (QED) is 0.331. The highest BCUT2D eigenvalue weighted by Gasteiger charge is 2.39. The van der Waals surface area contributed by atoms with Gasteiger partial charge in [0, 0.05) is 5.69 Å². The topological polar surface area (TPSA) is 87.7 Å². The molecule has 0 aliphatic rings. The average molecular weight is 267 g/mol. The van der Waals surface area contributed by atoms with Crippen LogP contribution >= 0.6 is 0 Å². The number of benzene rings is 1. The molecule has 0 saturated heterocycles. The zero-order valence-electron chi connectivity index (χ0n) is 11.0. The SMILES string of the molecule is CCC(CC)(C(=O)Nc1cccc(F)c1)C(N)=NO. The van der Waals surface area contributed by atoms with Crippen molar-refractivity contribution in [2.45, 2.75) is 26.7 Å². The first-order chi connectivity index (χ1) is 9.00. The molecule has 0 unspecified atom stereocenters. The molecular formula is C13H18FN3O2. The standard InChI is InChI=1S/C13H18FN3O2/c1-3-13(4-2,11(15)17-19)12(18)16-10-7-5-6-9(14)8-10/h5-8,19H,3-4H2,1-2H3,(H2,15,17)(H,16,18). The Balaban J connectivity index is 3.02. The molecule has 19 heavy (non-hydrogen) atoms. The number of amides is 1. The number of carbonyl (C=O) groups is 1. The lowest BCUT2D eigenvalue weighted by Crippen LogP contribution is -2.46. The molecule has 5 nitrogen and oxygen atoms in total. The maximum atomic E-state index is 13.1. The van der Waals surface area contributed by atoms with E-state index in [4.69, 9.17) is 10.9 Å². The third-order valence-electron chi connectivity index (χ3n) is 3.32. The first-order valence-electron chi connectivity index (χ1n) is 6.05. The fourth-order valence-corrected chi connectivity index (χ4v) is 1.96. The molecule has 0 aliphatic heterocycles. The van der Waals surface area contributed by atoms with Crippen LogP contribution in [-0.2, 0) is 4.79 Å². The Kier molecular flexibility index (Phi) is 4.86. The summed E-state index contributed by atoms with van der Waals surface area (Å²) in [4.78, 5) is 12.3. The van der Waals surface area contributed by atoms with Crippen molar-refractivity contribution >= 4 is 17.4 Å². The molecule has 1 aromatic rings. The molecule has 0 aliphatic carbocycles. The Bertz CT molecular complexity index is 485. The van der Waals surface area contributed by atoms with Crippen LogP contribution < -0.4 is 11.1 Å². The van der Waals surface area contributed by atoms with Crippen LogP contribution in [0.1, 0.15) is 26.7 Å². The molecule has 1 amide bonds. The van der Waals surface area contributed by atoms with E-state index < -0.39 is 17.1 Å². The number of hydrogen-bond acceptors (Lipinski definition) is 3. The van der Waals surface area contributed by atoms with Gasteiger partial charge in [0.05, 0.1) is 0 Å². The molecule has 0 radical (unpaired) electrons. The summed E-state index contributed by atoms with van der Waals surface area (Å²) >= 11 is 0. The highest BCUT2D eigenvalue weighted by molar-refractivity contribution is 6.11. The number of amidine groups is 1. The summed E-state index contributed by atoms with van der Waals surface area (Å²) in [6, 6.07) is 5.56. The van der Waals surface area contributed by atoms with Crippen LogP contribution in [0.2, 0.25) is 0 Å². The minimum atomic E-state index is -1.10. The second-order valence-electron chi connectivity index (χ2n) is 4.24. The van der Waals surface area contributed by atoms with Gasteiger partial charge in [0.25, 0.3) is 0 Å². The summed E-state index contributed by atoms with van der Waals surface area (Å²) in [6.07, 6.45) is 0.751. The van der Waals surface area contributed by atoms with E-state index in [2.05, 4.69) is 10.5 Å². The van der Waals surface area contributed by atoms with Crippen molar-refractivity contribution in [3.05, 3.63) is 30.1 Å². The number of rotatable bonds is 5. The fraction of sp³-hybridized carbons (Fsp3) is 0.385. The summed E-state index contributed by atoms with van der Waals surface area (Å²) in [5, 5.41) is 14.3. The molecule has 1 rings (SSSR count). The summed E-state index contributed by atoms with van der Waals surface area (Å²) in [6.45, 7) is 3.54. The summed E-state index contributed by atoms with van der Waals surface area (Å²) in [5.41, 5.74) is 4.86. The average Bonchev–Trinajstić information content (AvgIpc) is 2.40. The predicted octanol–water partition coefficient (Wildman–Crippen LogP) is 2.32. The number of hydrogen-bond donors (Lipinski definition) is 3. The molecule has 0 spiro atoms. The molecule has 0 heterocycles. The van der Waals surface area contributed by atoms with E-state index in [9.17, 15) is 9.18 Å². The van der Waals surface area contributed by atoms with Crippen LogP contribution in [0.15, 0.2) is 29.4 Å². The number of anilines is 1. The Labute approximate surface area is 111 Å². The first kappa shape index (κ1) is 14.9. The maximum absolute atomic E-state index is 13.1. The predicted molar refractivity (Wildman–Crippen MR) is 71.5 cm³/mol. The molecular weight excluding hydrogens is 249 g/mol. The van der Waals surface area contributed by atoms with E-state index >= 15 is 0 Å². The number of nitrogens with zero attached hydrogens (tertiary/aromatic N) is 1. The highest BCUT2D eigenvalue weighted by Crippen LogP contribution is 2.28. The van der Waals surface area contributed by atoms with E-state index in [0.29, 0.717) is 18.5 Å². The monoisotopic (exact) mass is 267 g/mol. The largest absolute Gasteiger partial charge is 0.409 e. The van der Waals surface area contributed by atoms with Gasteiger partial charge in [-0.05, 0) is 31.0 Å². The Hall–Kier alpha value is -2.11. The zero-order chi connectivity index (χ0) is 14.5. The second kappa shape index (κ2) is 6.17. The number of oxime groups is 1. The highest BCUT2D eigenvalue weighted by atomic mass is 19.1. The molecule has 0 atom stereocenters. The van der Waals surface area contributed by atoms with Crippen LogP contribution in [0, 0.1) is 11.2 Å². The van der Waals surface area contributed by atoms with Gasteiger partial charge in [-0.1, -0.05) is 25.1 Å². The van der Waals surface area contributed by atoms with Gasteiger partial charge in [-0.3, -0.25) is 4.79 Å². The lowest BCUT2D eigenvalue weighted by atomic mass is 9.80. The summed E-state index contributed by atoms with van der Waals surface area (Å²) in [5.74, 6) is -1.01. The third-order valence-corrected chi connectivity index (χ3v) is 3.32. The molecule has 104 valence electrons. The Morgan fingerprint density at radius 2 is 2.11 bits per heavy atom. The zero-order valence-corrected chi connectivity index (χ0v) is 11.0. The molecule has 0 bridgehead atoms. The maximum Gasteiger partial charge on any atom is 0.238 e. The second-order valence-corrected chi connectivity index (χ2v) is 4.24. The number of nitrogens with one attached hydrogen (secondary N) is 1. The normalized spacial score (nSPS) is 12.3. The van der Waals surface area contributed by atoms with Crippen molar-refractivity contribution in [1.82, 2.24) is 0 Å². The minimum absolute atomic E-state index is 0.147. The van der Waals surface area contributed by atoms with Gasteiger partial charge < -0.3 is 16.3 Å². The van der Waals surface area contributed by atoms with Crippen molar-refractivity contribution in [3.63, 3.8) is 0 Å². The van der Waals surface area contributed by atoms with E-state index in [1.807, 2.05) is 0 Å². The van der Waals surface area contributed by atoms with Gasteiger partial charge in [-0.2, -0.15) is 0 Å². The van der Waals surface area contributed by atoms with Gasteiger partial charge in [0.1, 0.15) is 11.2 Å². The fourth-order valence-electron chi connectivity index (χ4n) is 1.96. The number of carbonyl (C=O) groups excluding carboxylic acids is 1. The Morgan fingerprint density at radius 3 is 2.58 bits per heavy atom. The van der Waals surface area contributed by atoms with Crippen molar-refractivity contribution in [2.75, 3.05) is 5.32 Å². The first-order valence-corrected chi connectivity index (χ1v) is 6.05. The van der Waals surface area contributed by atoms with Crippen molar-refractivity contribution in [2.24, 2.45) is 16.3 Å². The lowest BCUT2D eigenvalue weighted by Gasteiger charge is -2.28. The van der Waals surface area contributed by atoms with E-state index in [0.717, 1.165) is 0 Å². The number of nitrogens with two attached hydrogens (primary N) is 1. The smallest absolute Gasteiger partial charge is 0.238 e. The van der Waals surface area contributed by atoms with Gasteiger partial charge in [0.2, 0.25) is 5.91 Å². The number of halogens is 1. The molecule has 1 aromatic carbocycles. The molecule has 0 fully saturated rings. The lowest BCUT2D eigenvalue weighted by molar-refractivity contribution is -0.122. The van der Waals surface area contributed by atoms with Crippen molar-refractivity contribution < 1.29 is 14.4 Å². The molecule has 6 heteroatoms. The summed E-state index contributed by atoms with van der Waals surface area (Å²) in [7, 11) is 0. The van der Waals surface area contributed by atoms with Crippen LogP contribution in [0.25, 0.3) is 0 Å². The molecule has 0 saturated carbocycles. The van der Waals surface area contributed by atoms with Crippen molar-refractivity contribution in [3.8, 4) is 0 Å².